The second kappa shape index (κ2) is 6.41. The number of nitrogens with zero attached hydrogens (tertiary/aromatic N) is 4. The number of carbonyl (C=O) groups is 1. The number of rotatable bonds is 4. The Hall–Kier alpha value is -3.36. The number of halogens is 2. The van der Waals surface area contributed by atoms with E-state index in [-0.39, 0.29) is 0 Å². The lowest BCUT2D eigenvalue weighted by atomic mass is 10.1. The van der Waals surface area contributed by atoms with E-state index in [1.54, 1.807) is 6.07 Å². The highest BCUT2D eigenvalue weighted by molar-refractivity contribution is 6.04. The summed E-state index contributed by atoms with van der Waals surface area (Å²) < 4.78 is 33.9. The van der Waals surface area contributed by atoms with Gasteiger partial charge in [0.15, 0.2) is 0 Å². The molecule has 1 amide bonds. The zero-order chi connectivity index (χ0) is 17.1. The maximum absolute atomic E-state index is 13.7. The molecule has 0 atom stereocenters. The molecule has 1 aromatic heterocycles. The Morgan fingerprint density at radius 1 is 1.21 bits per heavy atom. The van der Waals surface area contributed by atoms with Crippen LogP contribution in [0.3, 0.4) is 0 Å². The SMILES string of the molecule is COc1ccc(NC(=O)c2c(F)cccc2F)cc1-n1cnnn1. The summed E-state index contributed by atoms with van der Waals surface area (Å²) in [6, 6.07) is 7.83. The quantitative estimate of drug-likeness (QED) is 0.792. The van der Waals surface area contributed by atoms with Gasteiger partial charge in [-0.05, 0) is 40.8 Å². The third kappa shape index (κ3) is 2.91. The van der Waals surface area contributed by atoms with Crippen molar-refractivity contribution >= 4 is 11.6 Å². The predicted octanol–water partition coefficient (Wildman–Crippen LogP) is 2.20. The first-order valence-electron chi connectivity index (χ1n) is 6.77. The molecule has 0 spiro atoms. The molecule has 122 valence electrons. The fraction of sp³-hybridized carbons (Fsp3) is 0.0667. The number of ether oxygens (including phenoxy) is 1. The first kappa shape index (κ1) is 15.5. The molecule has 1 N–H and O–H groups in total. The smallest absolute Gasteiger partial charge is 0.261 e. The van der Waals surface area contributed by atoms with Crippen LogP contribution in [0.15, 0.2) is 42.7 Å². The summed E-state index contributed by atoms with van der Waals surface area (Å²) in [4.78, 5) is 12.1. The molecule has 0 unspecified atom stereocenters. The van der Waals surface area contributed by atoms with Crippen molar-refractivity contribution in [2.24, 2.45) is 0 Å². The van der Waals surface area contributed by atoms with Gasteiger partial charge in [0.1, 0.15) is 35.0 Å². The van der Waals surface area contributed by atoms with Gasteiger partial charge < -0.3 is 10.1 Å². The summed E-state index contributed by atoms with van der Waals surface area (Å²) in [5, 5.41) is 13.2. The Kier molecular flexibility index (Phi) is 4.15. The zero-order valence-corrected chi connectivity index (χ0v) is 12.4. The number of hydrogen-bond acceptors (Lipinski definition) is 5. The number of aromatic nitrogens is 4. The summed E-state index contributed by atoms with van der Waals surface area (Å²) >= 11 is 0. The monoisotopic (exact) mass is 331 g/mol. The van der Waals surface area contributed by atoms with Crippen molar-refractivity contribution in [3.05, 3.63) is 59.9 Å². The van der Waals surface area contributed by atoms with E-state index in [9.17, 15) is 13.6 Å². The average Bonchev–Trinajstić information content (AvgIpc) is 3.09. The number of nitrogens with one attached hydrogen (secondary N) is 1. The molecule has 0 aliphatic carbocycles. The third-order valence-electron chi connectivity index (χ3n) is 3.22. The molecule has 3 rings (SSSR count). The highest BCUT2D eigenvalue weighted by Crippen LogP contribution is 2.26. The van der Waals surface area contributed by atoms with E-state index < -0.39 is 23.1 Å². The number of amides is 1. The van der Waals surface area contributed by atoms with Crippen LogP contribution in [-0.4, -0.2) is 33.2 Å². The number of benzene rings is 2. The van der Waals surface area contributed by atoms with Crippen molar-refractivity contribution in [3.63, 3.8) is 0 Å². The van der Waals surface area contributed by atoms with Crippen LogP contribution in [-0.2, 0) is 0 Å². The molecule has 1 heterocycles. The maximum atomic E-state index is 13.7. The minimum Gasteiger partial charge on any atom is -0.494 e. The van der Waals surface area contributed by atoms with Gasteiger partial charge in [-0.2, -0.15) is 4.68 Å². The number of methoxy groups -OCH3 is 1. The molecule has 0 radical (unpaired) electrons. The normalized spacial score (nSPS) is 10.5. The molecule has 7 nitrogen and oxygen atoms in total. The fourth-order valence-corrected chi connectivity index (χ4v) is 2.13. The lowest BCUT2D eigenvalue weighted by Gasteiger charge is -2.11. The van der Waals surface area contributed by atoms with Gasteiger partial charge in [0.25, 0.3) is 5.91 Å². The molecule has 3 aromatic rings. The minimum atomic E-state index is -0.943. The van der Waals surface area contributed by atoms with Gasteiger partial charge in [0.2, 0.25) is 0 Å². The van der Waals surface area contributed by atoms with Crippen molar-refractivity contribution < 1.29 is 18.3 Å². The number of hydrogen-bond donors (Lipinski definition) is 1. The molecule has 0 bridgehead atoms. The van der Waals surface area contributed by atoms with E-state index >= 15 is 0 Å². The maximum Gasteiger partial charge on any atom is 0.261 e. The Morgan fingerprint density at radius 3 is 2.58 bits per heavy atom. The number of carbonyl (C=O) groups excluding carboxylic acids is 1. The predicted molar refractivity (Wildman–Crippen MR) is 80.0 cm³/mol. The van der Waals surface area contributed by atoms with Crippen molar-refractivity contribution in [1.29, 1.82) is 0 Å². The average molecular weight is 331 g/mol. The second-order valence-corrected chi connectivity index (χ2v) is 4.69. The van der Waals surface area contributed by atoms with Gasteiger partial charge in [-0.15, -0.1) is 5.10 Å². The van der Waals surface area contributed by atoms with Gasteiger partial charge in [0, 0.05) is 5.69 Å². The Labute approximate surface area is 134 Å². The molecular weight excluding hydrogens is 320 g/mol. The van der Waals surface area contributed by atoms with Gasteiger partial charge in [-0.25, -0.2) is 8.78 Å². The molecular formula is C15H11F2N5O2. The second-order valence-electron chi connectivity index (χ2n) is 4.69. The summed E-state index contributed by atoms with van der Waals surface area (Å²) in [7, 11) is 1.47. The van der Waals surface area contributed by atoms with Crippen molar-refractivity contribution in [1.82, 2.24) is 20.2 Å². The highest BCUT2D eigenvalue weighted by atomic mass is 19.1. The molecule has 2 aromatic carbocycles. The van der Waals surface area contributed by atoms with E-state index in [4.69, 9.17) is 4.74 Å². The first-order chi connectivity index (χ1) is 11.6. The first-order valence-corrected chi connectivity index (χ1v) is 6.77. The number of tetrazole rings is 1. The zero-order valence-electron chi connectivity index (χ0n) is 12.4. The van der Waals surface area contributed by atoms with Crippen LogP contribution in [0.25, 0.3) is 5.69 Å². The van der Waals surface area contributed by atoms with Gasteiger partial charge in [0.05, 0.1) is 7.11 Å². The molecule has 24 heavy (non-hydrogen) atoms. The van der Waals surface area contributed by atoms with Crippen LogP contribution >= 0.6 is 0 Å². The van der Waals surface area contributed by atoms with Crippen LogP contribution in [0.5, 0.6) is 5.75 Å². The van der Waals surface area contributed by atoms with Crippen LogP contribution in [0.2, 0.25) is 0 Å². The molecule has 0 saturated carbocycles. The van der Waals surface area contributed by atoms with Gasteiger partial charge in [-0.1, -0.05) is 6.07 Å². The minimum absolute atomic E-state index is 0.300. The van der Waals surface area contributed by atoms with Crippen molar-refractivity contribution in [3.8, 4) is 11.4 Å². The van der Waals surface area contributed by atoms with E-state index in [1.807, 2.05) is 0 Å². The molecule has 9 heteroatoms. The largest absolute Gasteiger partial charge is 0.494 e. The molecule has 0 aliphatic rings. The summed E-state index contributed by atoms with van der Waals surface area (Å²) in [5.41, 5.74) is 0.0977. The Bertz CT molecular complexity index is 863. The van der Waals surface area contributed by atoms with Crippen LogP contribution < -0.4 is 10.1 Å². The molecule has 0 fully saturated rings. The number of anilines is 1. The third-order valence-corrected chi connectivity index (χ3v) is 3.22. The standard InChI is InChI=1S/C15H11F2N5O2/c1-24-13-6-5-9(7-12(13)22-8-18-20-21-22)19-15(23)14-10(16)3-2-4-11(14)17/h2-8H,1H3,(H,19,23). The lowest BCUT2D eigenvalue weighted by Crippen LogP contribution is -2.16. The van der Waals surface area contributed by atoms with Gasteiger partial charge >= 0.3 is 0 Å². The topological polar surface area (TPSA) is 81.9 Å². The van der Waals surface area contributed by atoms with Crippen molar-refractivity contribution in [2.45, 2.75) is 0 Å². The van der Waals surface area contributed by atoms with Crippen LogP contribution in [0, 0.1) is 11.6 Å². The van der Waals surface area contributed by atoms with Crippen LogP contribution in [0.1, 0.15) is 10.4 Å². The molecule has 0 saturated heterocycles. The highest BCUT2D eigenvalue weighted by Gasteiger charge is 2.18. The van der Waals surface area contributed by atoms with E-state index in [0.29, 0.717) is 17.1 Å². The Morgan fingerprint density at radius 2 is 1.96 bits per heavy atom. The Balaban J connectivity index is 1.94. The van der Waals surface area contributed by atoms with E-state index in [0.717, 1.165) is 12.1 Å². The van der Waals surface area contributed by atoms with E-state index in [2.05, 4.69) is 20.8 Å². The van der Waals surface area contributed by atoms with E-state index in [1.165, 1.54) is 36.3 Å². The summed E-state index contributed by atoms with van der Waals surface area (Å²) in [6.45, 7) is 0. The summed E-state index contributed by atoms with van der Waals surface area (Å²) in [6.07, 6.45) is 1.35. The van der Waals surface area contributed by atoms with Crippen molar-refractivity contribution in [2.75, 3.05) is 12.4 Å². The molecule has 0 aliphatic heterocycles. The summed E-state index contributed by atoms with van der Waals surface area (Å²) in [5.74, 6) is -2.33. The van der Waals surface area contributed by atoms with Gasteiger partial charge in [-0.3, -0.25) is 4.79 Å². The van der Waals surface area contributed by atoms with Crippen LogP contribution in [0.4, 0.5) is 14.5 Å². The fourth-order valence-electron chi connectivity index (χ4n) is 2.13. The lowest BCUT2D eigenvalue weighted by molar-refractivity contribution is 0.101.